The summed E-state index contributed by atoms with van der Waals surface area (Å²) in [5.41, 5.74) is 0.500. The molecule has 0 unspecified atom stereocenters. The van der Waals surface area contributed by atoms with Gasteiger partial charge in [-0.2, -0.15) is 0 Å². The molecule has 1 atom stereocenters. The summed E-state index contributed by atoms with van der Waals surface area (Å²) in [5, 5.41) is 9.46. The lowest BCUT2D eigenvalue weighted by Gasteiger charge is -2.10. The Morgan fingerprint density at radius 2 is 1.47 bits per heavy atom. The smallest absolute Gasteiger partial charge is 0.308 e. The standard InChI is InChI=1S/C12H14O5/c1-7(13)10-4-11(16-8(2)14)6-12(5-10)17-9(3)15/h4-7,13H,1-3H3/t7-/m0/s1. The molecular formula is C12H14O5. The third-order valence-electron chi connectivity index (χ3n) is 1.91. The summed E-state index contributed by atoms with van der Waals surface area (Å²) in [6.45, 7) is 4.09. The molecule has 0 aliphatic heterocycles. The van der Waals surface area contributed by atoms with Crippen molar-refractivity contribution < 1.29 is 24.2 Å². The summed E-state index contributed by atoms with van der Waals surface area (Å²) in [7, 11) is 0. The molecule has 0 aromatic heterocycles. The van der Waals surface area contributed by atoms with Crippen molar-refractivity contribution in [1.82, 2.24) is 0 Å². The van der Waals surface area contributed by atoms with Gasteiger partial charge in [0, 0.05) is 19.9 Å². The molecule has 0 aliphatic rings. The molecule has 0 fully saturated rings. The minimum atomic E-state index is -0.750. The van der Waals surface area contributed by atoms with Crippen molar-refractivity contribution in [3.8, 4) is 11.5 Å². The number of esters is 2. The van der Waals surface area contributed by atoms with Crippen LogP contribution < -0.4 is 9.47 Å². The van der Waals surface area contributed by atoms with Gasteiger partial charge in [-0.3, -0.25) is 9.59 Å². The number of carbonyl (C=O) groups excluding carboxylic acids is 2. The van der Waals surface area contributed by atoms with Gasteiger partial charge in [0.25, 0.3) is 0 Å². The minimum absolute atomic E-state index is 0.229. The summed E-state index contributed by atoms with van der Waals surface area (Å²) in [4.78, 5) is 21.7. The second kappa shape index (κ2) is 5.45. The molecule has 0 amide bonds. The Morgan fingerprint density at radius 3 is 1.76 bits per heavy atom. The Bertz CT molecular complexity index is 402. The van der Waals surface area contributed by atoms with Gasteiger partial charge in [-0.15, -0.1) is 0 Å². The summed E-state index contributed by atoms with van der Waals surface area (Å²) >= 11 is 0. The van der Waals surface area contributed by atoms with Crippen molar-refractivity contribution in [2.45, 2.75) is 26.9 Å². The van der Waals surface area contributed by atoms with Gasteiger partial charge in [-0.1, -0.05) is 0 Å². The van der Waals surface area contributed by atoms with Gasteiger partial charge in [0.15, 0.2) is 0 Å². The maximum absolute atomic E-state index is 10.8. The highest BCUT2D eigenvalue weighted by Crippen LogP contribution is 2.26. The lowest BCUT2D eigenvalue weighted by atomic mass is 10.1. The molecule has 0 spiro atoms. The highest BCUT2D eigenvalue weighted by Gasteiger charge is 2.09. The molecule has 0 aliphatic carbocycles. The van der Waals surface area contributed by atoms with Crippen LogP contribution in [0.1, 0.15) is 32.4 Å². The van der Waals surface area contributed by atoms with Crippen LogP contribution in [0.5, 0.6) is 11.5 Å². The van der Waals surface area contributed by atoms with E-state index in [9.17, 15) is 14.7 Å². The normalized spacial score (nSPS) is 11.8. The van der Waals surface area contributed by atoms with E-state index in [1.807, 2.05) is 0 Å². The van der Waals surface area contributed by atoms with E-state index in [-0.39, 0.29) is 11.5 Å². The van der Waals surface area contributed by atoms with Crippen molar-refractivity contribution in [2.75, 3.05) is 0 Å². The third-order valence-corrected chi connectivity index (χ3v) is 1.91. The second-order valence-electron chi connectivity index (χ2n) is 3.60. The minimum Gasteiger partial charge on any atom is -0.427 e. The molecule has 5 heteroatoms. The third kappa shape index (κ3) is 4.24. The molecule has 17 heavy (non-hydrogen) atoms. The molecule has 0 saturated carbocycles. The number of aliphatic hydroxyl groups is 1. The number of hydrogen-bond acceptors (Lipinski definition) is 5. The van der Waals surface area contributed by atoms with Crippen molar-refractivity contribution in [2.24, 2.45) is 0 Å². The Kier molecular flexibility index (Phi) is 4.23. The van der Waals surface area contributed by atoms with Crippen LogP contribution in [0.4, 0.5) is 0 Å². The molecule has 1 rings (SSSR count). The van der Waals surface area contributed by atoms with Gasteiger partial charge >= 0.3 is 11.9 Å². The Labute approximate surface area is 99.0 Å². The number of ether oxygens (including phenoxy) is 2. The zero-order valence-electron chi connectivity index (χ0n) is 9.89. The Hall–Kier alpha value is -1.88. The first-order valence-electron chi connectivity index (χ1n) is 5.08. The first-order chi connectivity index (χ1) is 7.88. The lowest BCUT2D eigenvalue weighted by molar-refractivity contribution is -0.132. The van der Waals surface area contributed by atoms with Crippen molar-refractivity contribution >= 4 is 11.9 Å². The van der Waals surface area contributed by atoms with E-state index in [4.69, 9.17) is 9.47 Å². The fourth-order valence-corrected chi connectivity index (χ4v) is 1.28. The van der Waals surface area contributed by atoms with E-state index in [1.54, 1.807) is 6.92 Å². The molecule has 1 N–H and O–H groups in total. The fourth-order valence-electron chi connectivity index (χ4n) is 1.28. The summed E-state index contributed by atoms with van der Waals surface area (Å²) in [5.74, 6) is -0.512. The predicted octanol–water partition coefficient (Wildman–Crippen LogP) is 1.59. The van der Waals surface area contributed by atoms with E-state index in [1.165, 1.54) is 32.0 Å². The number of benzene rings is 1. The van der Waals surface area contributed by atoms with Crippen LogP contribution in [-0.4, -0.2) is 17.0 Å². The van der Waals surface area contributed by atoms with Crippen LogP contribution in [0, 0.1) is 0 Å². The average molecular weight is 238 g/mol. The van der Waals surface area contributed by atoms with Gasteiger partial charge in [0.1, 0.15) is 11.5 Å². The van der Waals surface area contributed by atoms with Crippen LogP contribution >= 0.6 is 0 Å². The van der Waals surface area contributed by atoms with Crippen LogP contribution in [0.2, 0.25) is 0 Å². The summed E-state index contributed by atoms with van der Waals surface area (Å²) in [6.07, 6.45) is -0.750. The zero-order chi connectivity index (χ0) is 13.0. The maximum Gasteiger partial charge on any atom is 0.308 e. The molecule has 1 aromatic rings. The number of rotatable bonds is 3. The predicted molar refractivity (Wildman–Crippen MR) is 59.7 cm³/mol. The first kappa shape index (κ1) is 13.2. The lowest BCUT2D eigenvalue weighted by Crippen LogP contribution is -2.05. The van der Waals surface area contributed by atoms with Crippen LogP contribution in [-0.2, 0) is 9.59 Å². The molecule has 0 bridgehead atoms. The van der Waals surface area contributed by atoms with Gasteiger partial charge in [0.05, 0.1) is 6.10 Å². The molecule has 0 saturated heterocycles. The van der Waals surface area contributed by atoms with Gasteiger partial charge < -0.3 is 14.6 Å². The highest BCUT2D eigenvalue weighted by atomic mass is 16.5. The van der Waals surface area contributed by atoms with E-state index in [0.29, 0.717) is 5.56 Å². The molecule has 1 aromatic carbocycles. The van der Waals surface area contributed by atoms with E-state index >= 15 is 0 Å². The largest absolute Gasteiger partial charge is 0.427 e. The number of carbonyl (C=O) groups is 2. The van der Waals surface area contributed by atoms with Crippen LogP contribution in [0.25, 0.3) is 0 Å². The highest BCUT2D eigenvalue weighted by molar-refractivity contribution is 5.71. The Morgan fingerprint density at radius 1 is 1.06 bits per heavy atom. The van der Waals surface area contributed by atoms with E-state index in [2.05, 4.69) is 0 Å². The van der Waals surface area contributed by atoms with E-state index < -0.39 is 18.0 Å². The molecule has 0 radical (unpaired) electrons. The number of hydrogen-bond donors (Lipinski definition) is 1. The van der Waals surface area contributed by atoms with Gasteiger partial charge in [-0.25, -0.2) is 0 Å². The van der Waals surface area contributed by atoms with Gasteiger partial charge in [0.2, 0.25) is 0 Å². The van der Waals surface area contributed by atoms with Crippen molar-refractivity contribution in [3.05, 3.63) is 23.8 Å². The zero-order valence-corrected chi connectivity index (χ0v) is 9.89. The Balaban J connectivity index is 3.08. The first-order valence-corrected chi connectivity index (χ1v) is 5.08. The SMILES string of the molecule is CC(=O)Oc1cc(OC(C)=O)cc([C@H](C)O)c1. The molecular weight excluding hydrogens is 224 g/mol. The fraction of sp³-hybridized carbons (Fsp3) is 0.333. The molecule has 5 nitrogen and oxygen atoms in total. The number of aliphatic hydroxyl groups excluding tert-OH is 1. The van der Waals surface area contributed by atoms with E-state index in [0.717, 1.165) is 0 Å². The van der Waals surface area contributed by atoms with Crippen molar-refractivity contribution in [1.29, 1.82) is 0 Å². The monoisotopic (exact) mass is 238 g/mol. The summed E-state index contributed by atoms with van der Waals surface area (Å²) in [6, 6.07) is 4.44. The summed E-state index contributed by atoms with van der Waals surface area (Å²) < 4.78 is 9.77. The van der Waals surface area contributed by atoms with Crippen molar-refractivity contribution in [3.63, 3.8) is 0 Å². The quantitative estimate of drug-likeness (QED) is 0.639. The second-order valence-corrected chi connectivity index (χ2v) is 3.60. The van der Waals surface area contributed by atoms with Crippen LogP contribution in [0.3, 0.4) is 0 Å². The maximum atomic E-state index is 10.8. The van der Waals surface area contributed by atoms with Gasteiger partial charge in [-0.05, 0) is 24.6 Å². The topological polar surface area (TPSA) is 72.8 Å². The average Bonchev–Trinajstić information content (AvgIpc) is 2.14. The molecule has 92 valence electrons. The molecule has 0 heterocycles. The van der Waals surface area contributed by atoms with Crippen LogP contribution in [0.15, 0.2) is 18.2 Å².